The van der Waals surface area contributed by atoms with Crippen LogP contribution in [0.15, 0.2) is 42.5 Å². The Labute approximate surface area is 117 Å². The molecular weight excluding hydrogens is 252 g/mol. The van der Waals surface area contributed by atoms with Crippen LogP contribution < -0.4 is 5.32 Å². The summed E-state index contributed by atoms with van der Waals surface area (Å²) in [6.07, 6.45) is 0.397. The summed E-state index contributed by atoms with van der Waals surface area (Å²) in [6.45, 7) is 1.93. The third kappa shape index (κ3) is 3.21. The van der Waals surface area contributed by atoms with Gasteiger partial charge in [0.2, 0.25) is 0 Å². The summed E-state index contributed by atoms with van der Waals surface area (Å²) in [5.74, 6) is 0.102. The van der Waals surface area contributed by atoms with Crippen LogP contribution in [0.5, 0.6) is 11.5 Å². The van der Waals surface area contributed by atoms with E-state index in [9.17, 15) is 10.2 Å². The predicted octanol–water partition coefficient (Wildman–Crippen LogP) is 3.34. The Morgan fingerprint density at radius 3 is 2.45 bits per heavy atom. The maximum Gasteiger partial charge on any atom is 0.124 e. The normalized spacial score (nSPS) is 11.6. The molecule has 1 unspecified atom stereocenters. The molecule has 0 heterocycles. The fraction of sp³-hybridized carbons (Fsp3) is 0.188. The van der Waals surface area contributed by atoms with Gasteiger partial charge in [0.25, 0.3) is 0 Å². The molecule has 1 atom stereocenters. The molecule has 0 bridgehead atoms. The van der Waals surface area contributed by atoms with E-state index in [0.29, 0.717) is 12.0 Å². The number of hydrogen-bond donors (Lipinski definition) is 3. The quantitative estimate of drug-likeness (QED) is 0.795. The lowest BCUT2D eigenvalue weighted by molar-refractivity contribution is 0.444. The fourth-order valence-electron chi connectivity index (χ4n) is 2.04. The van der Waals surface area contributed by atoms with E-state index in [1.54, 1.807) is 12.1 Å². The van der Waals surface area contributed by atoms with Crippen LogP contribution in [0.3, 0.4) is 0 Å². The number of aromatic hydroxyl groups is 2. The lowest BCUT2D eigenvalue weighted by atomic mass is 10.1. The third-order valence-corrected chi connectivity index (χ3v) is 3.10. The molecule has 0 saturated heterocycles. The van der Waals surface area contributed by atoms with Gasteiger partial charge in [-0.25, -0.2) is 0 Å². The Morgan fingerprint density at radius 1 is 1.15 bits per heavy atom. The van der Waals surface area contributed by atoms with Gasteiger partial charge in [0.05, 0.1) is 18.5 Å². The van der Waals surface area contributed by atoms with Crippen molar-refractivity contribution in [2.75, 3.05) is 5.32 Å². The second-order valence-corrected chi connectivity index (χ2v) is 4.64. The monoisotopic (exact) mass is 268 g/mol. The lowest BCUT2D eigenvalue weighted by Gasteiger charge is -2.17. The van der Waals surface area contributed by atoms with Crippen molar-refractivity contribution in [1.29, 1.82) is 5.26 Å². The number of nitrogens with zero attached hydrogens (tertiary/aromatic N) is 1. The van der Waals surface area contributed by atoms with Crippen LogP contribution in [0.4, 0.5) is 5.69 Å². The molecule has 4 heteroatoms. The Balaban J connectivity index is 2.11. The number of phenolic OH excluding ortho intramolecular Hbond substituents is 2. The molecular formula is C16H16N2O2. The molecule has 0 saturated carbocycles. The van der Waals surface area contributed by atoms with E-state index in [0.717, 1.165) is 11.3 Å². The van der Waals surface area contributed by atoms with Crippen LogP contribution in [0, 0.1) is 11.3 Å². The van der Waals surface area contributed by atoms with E-state index in [4.69, 9.17) is 5.26 Å². The minimum atomic E-state index is -0.0996. The van der Waals surface area contributed by atoms with E-state index < -0.39 is 0 Å². The van der Waals surface area contributed by atoms with Crippen molar-refractivity contribution in [2.24, 2.45) is 0 Å². The molecule has 20 heavy (non-hydrogen) atoms. The zero-order valence-corrected chi connectivity index (χ0v) is 11.2. The van der Waals surface area contributed by atoms with E-state index in [2.05, 4.69) is 11.4 Å². The average molecular weight is 268 g/mol. The summed E-state index contributed by atoms with van der Waals surface area (Å²) in [5.41, 5.74) is 2.59. The lowest BCUT2D eigenvalue weighted by Crippen LogP contribution is -2.06. The first-order valence-corrected chi connectivity index (χ1v) is 6.34. The van der Waals surface area contributed by atoms with E-state index >= 15 is 0 Å². The van der Waals surface area contributed by atoms with Gasteiger partial charge in [-0.1, -0.05) is 12.1 Å². The highest BCUT2D eigenvalue weighted by Crippen LogP contribution is 2.29. The topological polar surface area (TPSA) is 76.3 Å². The van der Waals surface area contributed by atoms with Gasteiger partial charge in [-0.3, -0.25) is 0 Å². The number of anilines is 1. The summed E-state index contributed by atoms with van der Waals surface area (Å²) in [6, 6.07) is 14.2. The molecule has 2 aromatic rings. The number of phenols is 2. The SMILES string of the molecule is CC(Nc1ccc(CC#N)cc1)c1ccc(O)cc1O. The van der Waals surface area contributed by atoms with Crippen LogP contribution in [0.2, 0.25) is 0 Å². The second kappa shape index (κ2) is 5.98. The molecule has 3 N–H and O–H groups in total. The minimum absolute atomic E-state index is 0.0410. The van der Waals surface area contributed by atoms with Crippen molar-refractivity contribution in [3.05, 3.63) is 53.6 Å². The summed E-state index contributed by atoms with van der Waals surface area (Å²) < 4.78 is 0. The second-order valence-electron chi connectivity index (χ2n) is 4.64. The first-order valence-electron chi connectivity index (χ1n) is 6.34. The van der Waals surface area contributed by atoms with Crippen LogP contribution in [-0.2, 0) is 6.42 Å². The van der Waals surface area contributed by atoms with E-state index in [-0.39, 0.29) is 17.5 Å². The average Bonchev–Trinajstić information content (AvgIpc) is 2.41. The molecule has 102 valence electrons. The molecule has 4 nitrogen and oxygen atoms in total. The number of benzene rings is 2. The molecule has 0 spiro atoms. The molecule has 0 aliphatic rings. The van der Waals surface area contributed by atoms with Gasteiger partial charge in [0, 0.05) is 17.3 Å². The van der Waals surface area contributed by atoms with Crippen LogP contribution in [0.25, 0.3) is 0 Å². The minimum Gasteiger partial charge on any atom is -0.508 e. The molecule has 0 aromatic heterocycles. The standard InChI is InChI=1S/C16H16N2O2/c1-11(15-7-6-14(19)10-16(15)20)18-13-4-2-12(3-5-13)8-9-17/h2-7,10-11,18-20H,8H2,1H3. The first kappa shape index (κ1) is 13.8. The molecule has 0 amide bonds. The van der Waals surface area contributed by atoms with Crippen molar-refractivity contribution in [1.82, 2.24) is 0 Å². The number of nitriles is 1. The van der Waals surface area contributed by atoms with Crippen molar-refractivity contribution >= 4 is 5.69 Å². The van der Waals surface area contributed by atoms with Gasteiger partial charge in [-0.05, 0) is 36.8 Å². The maximum atomic E-state index is 9.82. The Bertz CT molecular complexity index is 630. The summed E-state index contributed by atoms with van der Waals surface area (Å²) in [4.78, 5) is 0. The summed E-state index contributed by atoms with van der Waals surface area (Å²) in [7, 11) is 0. The predicted molar refractivity (Wildman–Crippen MR) is 77.6 cm³/mol. The van der Waals surface area contributed by atoms with E-state index in [1.165, 1.54) is 6.07 Å². The maximum absolute atomic E-state index is 9.82. The Morgan fingerprint density at radius 2 is 1.85 bits per heavy atom. The van der Waals surface area contributed by atoms with Crippen molar-refractivity contribution in [3.8, 4) is 17.6 Å². The molecule has 0 radical (unpaired) electrons. The highest BCUT2D eigenvalue weighted by Gasteiger charge is 2.10. The van der Waals surface area contributed by atoms with Crippen molar-refractivity contribution < 1.29 is 10.2 Å². The molecule has 0 aliphatic carbocycles. The largest absolute Gasteiger partial charge is 0.508 e. The van der Waals surface area contributed by atoms with Gasteiger partial charge in [-0.2, -0.15) is 5.26 Å². The zero-order valence-electron chi connectivity index (χ0n) is 11.2. The summed E-state index contributed by atoms with van der Waals surface area (Å²) in [5, 5.41) is 31.0. The first-order chi connectivity index (χ1) is 9.60. The fourth-order valence-corrected chi connectivity index (χ4v) is 2.04. The van der Waals surface area contributed by atoms with Crippen molar-refractivity contribution in [2.45, 2.75) is 19.4 Å². The van der Waals surface area contributed by atoms with Crippen LogP contribution in [-0.4, -0.2) is 10.2 Å². The van der Waals surface area contributed by atoms with Crippen LogP contribution in [0.1, 0.15) is 24.1 Å². The Hall–Kier alpha value is -2.67. The number of hydrogen-bond acceptors (Lipinski definition) is 4. The molecule has 0 fully saturated rings. The molecule has 2 aromatic carbocycles. The number of rotatable bonds is 4. The van der Waals surface area contributed by atoms with Gasteiger partial charge in [0.15, 0.2) is 0 Å². The van der Waals surface area contributed by atoms with Gasteiger partial charge in [0.1, 0.15) is 11.5 Å². The van der Waals surface area contributed by atoms with Gasteiger partial charge >= 0.3 is 0 Å². The van der Waals surface area contributed by atoms with Crippen LogP contribution >= 0.6 is 0 Å². The highest BCUT2D eigenvalue weighted by atomic mass is 16.3. The third-order valence-electron chi connectivity index (χ3n) is 3.10. The molecule has 2 rings (SSSR count). The van der Waals surface area contributed by atoms with Gasteiger partial charge in [-0.15, -0.1) is 0 Å². The van der Waals surface area contributed by atoms with Crippen molar-refractivity contribution in [3.63, 3.8) is 0 Å². The smallest absolute Gasteiger partial charge is 0.124 e. The summed E-state index contributed by atoms with van der Waals surface area (Å²) >= 11 is 0. The zero-order chi connectivity index (χ0) is 14.5. The number of nitrogens with one attached hydrogen (secondary N) is 1. The highest BCUT2D eigenvalue weighted by molar-refractivity contribution is 5.49. The Kier molecular flexibility index (Phi) is 4.11. The van der Waals surface area contributed by atoms with Gasteiger partial charge < -0.3 is 15.5 Å². The van der Waals surface area contributed by atoms with E-state index in [1.807, 2.05) is 31.2 Å². The molecule has 0 aliphatic heterocycles.